The van der Waals surface area contributed by atoms with E-state index in [9.17, 15) is 0 Å². The predicted molar refractivity (Wildman–Crippen MR) is 82.1 cm³/mol. The van der Waals surface area contributed by atoms with E-state index in [-0.39, 0.29) is 0 Å². The minimum Gasteiger partial charge on any atom is -0.314 e. The highest BCUT2D eigenvalue weighted by molar-refractivity contribution is 5.11. The van der Waals surface area contributed by atoms with Crippen molar-refractivity contribution in [1.29, 1.82) is 0 Å². The van der Waals surface area contributed by atoms with Crippen LogP contribution in [0.2, 0.25) is 0 Å². The average molecular weight is 263 g/mol. The zero-order valence-electron chi connectivity index (χ0n) is 12.9. The summed E-state index contributed by atoms with van der Waals surface area (Å²) in [5.41, 5.74) is 2.31. The third-order valence-electron chi connectivity index (χ3n) is 3.60. The Kier molecular flexibility index (Phi) is 7.68. The molecule has 108 valence electrons. The van der Waals surface area contributed by atoms with Crippen molar-refractivity contribution in [3.05, 3.63) is 29.6 Å². The minimum atomic E-state index is 0.626. The van der Waals surface area contributed by atoms with E-state index in [2.05, 4.69) is 49.2 Å². The summed E-state index contributed by atoms with van der Waals surface area (Å²) in [6.07, 6.45) is 3.71. The third-order valence-corrected chi connectivity index (χ3v) is 3.60. The van der Waals surface area contributed by atoms with Crippen LogP contribution in [0.1, 0.15) is 51.4 Å². The monoisotopic (exact) mass is 263 g/mol. The Bertz CT molecular complexity index is 352. The summed E-state index contributed by atoms with van der Waals surface area (Å²) in [5.74, 6) is 0. The zero-order valence-corrected chi connectivity index (χ0v) is 12.9. The maximum Gasteiger partial charge on any atom is 0.0547 e. The third kappa shape index (κ3) is 5.70. The molecule has 0 aliphatic carbocycles. The Morgan fingerprint density at radius 2 is 2.00 bits per heavy atom. The maximum atomic E-state index is 4.72. The van der Waals surface area contributed by atoms with Crippen molar-refractivity contribution in [2.24, 2.45) is 0 Å². The van der Waals surface area contributed by atoms with Gasteiger partial charge in [0, 0.05) is 19.1 Å². The van der Waals surface area contributed by atoms with Gasteiger partial charge in [0.15, 0.2) is 0 Å². The molecule has 0 radical (unpaired) electrons. The molecule has 1 unspecified atom stereocenters. The Morgan fingerprint density at radius 1 is 1.26 bits per heavy atom. The molecule has 0 aliphatic rings. The summed E-state index contributed by atoms with van der Waals surface area (Å²) in [4.78, 5) is 7.27. The summed E-state index contributed by atoms with van der Waals surface area (Å²) >= 11 is 0. The van der Waals surface area contributed by atoms with Crippen molar-refractivity contribution in [2.75, 3.05) is 13.6 Å². The maximum absolute atomic E-state index is 4.72. The van der Waals surface area contributed by atoms with Crippen molar-refractivity contribution in [1.82, 2.24) is 15.2 Å². The number of nitrogens with one attached hydrogen (secondary N) is 1. The van der Waals surface area contributed by atoms with Crippen LogP contribution in [0.25, 0.3) is 0 Å². The number of pyridine rings is 1. The van der Waals surface area contributed by atoms with Gasteiger partial charge >= 0.3 is 0 Å². The van der Waals surface area contributed by atoms with Crippen LogP contribution in [-0.2, 0) is 13.1 Å². The van der Waals surface area contributed by atoms with Crippen LogP contribution in [0.5, 0.6) is 0 Å². The fourth-order valence-corrected chi connectivity index (χ4v) is 2.18. The summed E-state index contributed by atoms with van der Waals surface area (Å²) in [6, 6.07) is 6.96. The first-order valence-electron chi connectivity index (χ1n) is 7.54. The van der Waals surface area contributed by atoms with Crippen molar-refractivity contribution < 1.29 is 0 Å². The van der Waals surface area contributed by atoms with E-state index in [1.165, 1.54) is 31.5 Å². The molecule has 0 aliphatic heterocycles. The highest BCUT2D eigenvalue weighted by Crippen LogP contribution is 2.11. The normalized spacial score (nSPS) is 12.9. The van der Waals surface area contributed by atoms with Crippen molar-refractivity contribution in [3.63, 3.8) is 0 Å². The average Bonchev–Trinajstić information content (AvgIpc) is 2.43. The van der Waals surface area contributed by atoms with Crippen LogP contribution >= 0.6 is 0 Å². The van der Waals surface area contributed by atoms with Crippen LogP contribution in [0, 0.1) is 0 Å². The molecule has 0 aromatic carbocycles. The van der Waals surface area contributed by atoms with Gasteiger partial charge in [-0.3, -0.25) is 9.88 Å². The second kappa shape index (κ2) is 9.05. The molecule has 1 heterocycles. The first-order chi connectivity index (χ1) is 9.21. The summed E-state index contributed by atoms with van der Waals surface area (Å²) in [5, 5.41) is 3.16. The smallest absolute Gasteiger partial charge is 0.0547 e. The van der Waals surface area contributed by atoms with Gasteiger partial charge in [-0.25, -0.2) is 0 Å². The molecule has 3 nitrogen and oxygen atoms in total. The van der Waals surface area contributed by atoms with Gasteiger partial charge in [-0.1, -0.05) is 26.3 Å². The standard InChI is InChI=1S/C16H29N3/c1-5-7-11-19(14(3)6-2)13-16-10-8-9-15(18-16)12-17-4/h8-10,14,17H,5-7,11-13H2,1-4H3. The molecule has 0 fully saturated rings. The predicted octanol–water partition coefficient (Wildman–Crippen LogP) is 3.20. The van der Waals surface area contributed by atoms with Crippen LogP contribution in [0.15, 0.2) is 18.2 Å². The van der Waals surface area contributed by atoms with E-state index in [4.69, 9.17) is 4.98 Å². The molecular weight excluding hydrogens is 234 g/mol. The minimum absolute atomic E-state index is 0.626. The second-order valence-corrected chi connectivity index (χ2v) is 5.23. The molecule has 19 heavy (non-hydrogen) atoms. The topological polar surface area (TPSA) is 28.2 Å². The molecule has 0 amide bonds. The Hall–Kier alpha value is -0.930. The molecular formula is C16H29N3. The first kappa shape index (κ1) is 16.1. The second-order valence-electron chi connectivity index (χ2n) is 5.23. The summed E-state index contributed by atoms with van der Waals surface area (Å²) < 4.78 is 0. The highest BCUT2D eigenvalue weighted by Gasteiger charge is 2.12. The lowest BCUT2D eigenvalue weighted by Gasteiger charge is -2.28. The SMILES string of the molecule is CCCCN(Cc1cccc(CNC)n1)C(C)CC. The van der Waals surface area contributed by atoms with E-state index in [0.29, 0.717) is 6.04 Å². The lowest BCUT2D eigenvalue weighted by molar-refractivity contribution is 0.190. The first-order valence-corrected chi connectivity index (χ1v) is 7.54. The van der Waals surface area contributed by atoms with Crippen LogP contribution in [0.3, 0.4) is 0 Å². The van der Waals surface area contributed by atoms with Gasteiger partial charge in [-0.15, -0.1) is 0 Å². The molecule has 0 saturated carbocycles. The van der Waals surface area contributed by atoms with Crippen LogP contribution in [-0.4, -0.2) is 29.5 Å². The molecule has 1 atom stereocenters. The van der Waals surface area contributed by atoms with Crippen molar-refractivity contribution in [3.8, 4) is 0 Å². The van der Waals surface area contributed by atoms with Gasteiger partial charge in [0.05, 0.1) is 11.4 Å². The van der Waals surface area contributed by atoms with E-state index in [1.54, 1.807) is 0 Å². The quantitative estimate of drug-likeness (QED) is 0.741. The summed E-state index contributed by atoms with van der Waals surface area (Å²) in [7, 11) is 1.96. The van der Waals surface area contributed by atoms with E-state index in [0.717, 1.165) is 18.8 Å². The van der Waals surface area contributed by atoms with E-state index >= 15 is 0 Å². The van der Waals surface area contributed by atoms with Gasteiger partial charge in [-0.2, -0.15) is 0 Å². The van der Waals surface area contributed by atoms with E-state index < -0.39 is 0 Å². The Labute approximate surface area is 118 Å². The van der Waals surface area contributed by atoms with Crippen molar-refractivity contribution in [2.45, 2.75) is 59.2 Å². The molecule has 3 heteroatoms. The Balaban J connectivity index is 2.68. The number of unbranched alkanes of at least 4 members (excludes halogenated alkanes) is 1. The highest BCUT2D eigenvalue weighted by atomic mass is 15.2. The molecule has 1 aromatic heterocycles. The van der Waals surface area contributed by atoms with Crippen LogP contribution < -0.4 is 5.32 Å². The van der Waals surface area contributed by atoms with Gasteiger partial charge in [-0.05, 0) is 45.5 Å². The summed E-state index contributed by atoms with van der Waals surface area (Å²) in [6.45, 7) is 9.80. The number of nitrogens with zero attached hydrogens (tertiary/aromatic N) is 2. The van der Waals surface area contributed by atoms with E-state index in [1.807, 2.05) is 7.05 Å². The molecule has 0 bridgehead atoms. The fourth-order valence-electron chi connectivity index (χ4n) is 2.18. The Morgan fingerprint density at radius 3 is 2.63 bits per heavy atom. The molecule has 1 N–H and O–H groups in total. The van der Waals surface area contributed by atoms with Gasteiger partial charge < -0.3 is 5.32 Å². The molecule has 1 aromatic rings. The van der Waals surface area contributed by atoms with Gasteiger partial charge in [0.25, 0.3) is 0 Å². The number of rotatable bonds is 9. The molecule has 0 saturated heterocycles. The van der Waals surface area contributed by atoms with Crippen LogP contribution in [0.4, 0.5) is 0 Å². The molecule has 1 rings (SSSR count). The fraction of sp³-hybridized carbons (Fsp3) is 0.688. The van der Waals surface area contributed by atoms with Crippen molar-refractivity contribution >= 4 is 0 Å². The molecule has 0 spiro atoms. The van der Waals surface area contributed by atoms with Gasteiger partial charge in [0.2, 0.25) is 0 Å². The largest absolute Gasteiger partial charge is 0.314 e. The lowest BCUT2D eigenvalue weighted by atomic mass is 10.1. The number of hydrogen-bond acceptors (Lipinski definition) is 3. The number of aromatic nitrogens is 1. The zero-order chi connectivity index (χ0) is 14.1. The number of hydrogen-bond donors (Lipinski definition) is 1. The lowest BCUT2D eigenvalue weighted by Crippen LogP contribution is -2.33. The van der Waals surface area contributed by atoms with Gasteiger partial charge in [0.1, 0.15) is 0 Å².